The van der Waals surface area contributed by atoms with Gasteiger partial charge in [-0.05, 0) is 83.6 Å². The average Bonchev–Trinajstić information content (AvgIpc) is 3.01. The number of esters is 4. The van der Waals surface area contributed by atoms with Gasteiger partial charge in [0.15, 0.2) is 0 Å². The molecule has 0 aliphatic carbocycles. The van der Waals surface area contributed by atoms with Crippen LogP contribution in [0.4, 0.5) is 0 Å². The number of carbonyl (C=O) groups is 4. The first-order valence-electron chi connectivity index (χ1n) is 12.4. The van der Waals surface area contributed by atoms with Crippen LogP contribution in [0.1, 0.15) is 20.7 Å². The zero-order valence-corrected chi connectivity index (χ0v) is 22.1. The highest BCUT2D eigenvalue weighted by atomic mass is 16.7. The third-order valence-corrected chi connectivity index (χ3v) is 5.57. The van der Waals surface area contributed by atoms with E-state index < -0.39 is 23.9 Å². The Morgan fingerprint density at radius 3 is 1.24 bits per heavy atom. The van der Waals surface area contributed by atoms with Crippen molar-refractivity contribution in [2.24, 2.45) is 0 Å². The first-order chi connectivity index (χ1) is 20.3. The Labute approximate surface area is 240 Å². The van der Waals surface area contributed by atoms with Crippen LogP contribution in [0.15, 0.2) is 110 Å². The molecule has 0 amide bonds. The summed E-state index contributed by atoms with van der Waals surface area (Å²) in [4.78, 5) is 47.3. The molecule has 0 aromatic heterocycles. The Kier molecular flexibility index (Phi) is 9.66. The van der Waals surface area contributed by atoms with Gasteiger partial charge >= 0.3 is 23.9 Å². The van der Waals surface area contributed by atoms with E-state index in [2.05, 4.69) is 13.2 Å². The van der Waals surface area contributed by atoms with Crippen LogP contribution in [-0.2, 0) is 19.1 Å². The van der Waals surface area contributed by atoms with Crippen molar-refractivity contribution >= 4 is 34.6 Å². The maximum Gasteiger partial charge on any atom is 0.343 e. The molecular weight excluding hydrogens is 544 g/mol. The van der Waals surface area contributed by atoms with Crippen LogP contribution in [0.25, 0.3) is 10.8 Å². The van der Waals surface area contributed by atoms with Crippen LogP contribution in [-0.4, -0.2) is 37.5 Å². The fourth-order valence-corrected chi connectivity index (χ4v) is 3.46. The molecule has 0 unspecified atom stereocenters. The second-order valence-electron chi connectivity index (χ2n) is 8.36. The average molecular weight is 569 g/mol. The van der Waals surface area contributed by atoms with Gasteiger partial charge in [-0.1, -0.05) is 25.3 Å². The van der Waals surface area contributed by atoms with Gasteiger partial charge in [-0.2, -0.15) is 0 Å². The summed E-state index contributed by atoms with van der Waals surface area (Å²) in [5.74, 6) is -0.892. The third-order valence-electron chi connectivity index (χ3n) is 5.57. The highest BCUT2D eigenvalue weighted by molar-refractivity contribution is 5.94. The van der Waals surface area contributed by atoms with E-state index in [0.29, 0.717) is 34.1 Å². The molecule has 10 nitrogen and oxygen atoms in total. The van der Waals surface area contributed by atoms with Crippen LogP contribution in [0.3, 0.4) is 0 Å². The molecule has 0 aliphatic rings. The van der Waals surface area contributed by atoms with Crippen molar-refractivity contribution in [3.8, 4) is 23.0 Å². The van der Waals surface area contributed by atoms with Crippen molar-refractivity contribution in [1.82, 2.24) is 0 Å². The largest absolute Gasteiger partial charge is 0.457 e. The van der Waals surface area contributed by atoms with Crippen molar-refractivity contribution in [3.05, 3.63) is 121 Å². The van der Waals surface area contributed by atoms with Crippen molar-refractivity contribution in [2.45, 2.75) is 0 Å². The fraction of sp³-hybridized carbons (Fsp3) is 0.0625. The highest BCUT2D eigenvalue weighted by Gasteiger charge is 2.12. The molecule has 0 aliphatic heterocycles. The molecule has 0 atom stereocenters. The van der Waals surface area contributed by atoms with Crippen LogP contribution < -0.4 is 18.9 Å². The molecule has 0 saturated carbocycles. The summed E-state index contributed by atoms with van der Waals surface area (Å²) in [6, 6.07) is 22.4. The molecule has 0 radical (unpaired) electrons. The number of hydrogen-bond donors (Lipinski definition) is 0. The van der Waals surface area contributed by atoms with Gasteiger partial charge in [0, 0.05) is 12.2 Å². The SMILES string of the molecule is C=CC(=O)OCOc1ccc(C(=O)Oc2ccc3cc(OC(=O)c4ccc(OCOC(=O)C=C)cc4)ccc3c2)cc1. The third kappa shape index (κ3) is 8.06. The molecule has 10 heteroatoms. The van der Waals surface area contributed by atoms with Crippen LogP contribution >= 0.6 is 0 Å². The van der Waals surface area contributed by atoms with Crippen LogP contribution in [0.2, 0.25) is 0 Å². The molecular formula is C32H24O10. The van der Waals surface area contributed by atoms with Crippen molar-refractivity contribution in [2.75, 3.05) is 13.6 Å². The monoisotopic (exact) mass is 568 g/mol. The Hall–Kier alpha value is -5.90. The van der Waals surface area contributed by atoms with Gasteiger partial charge in [0.25, 0.3) is 0 Å². The van der Waals surface area contributed by atoms with Crippen molar-refractivity contribution in [1.29, 1.82) is 0 Å². The van der Waals surface area contributed by atoms with E-state index in [-0.39, 0.29) is 13.6 Å². The molecule has 42 heavy (non-hydrogen) atoms. The maximum absolute atomic E-state index is 12.6. The predicted octanol–water partition coefficient (Wildman–Crippen LogP) is 5.41. The maximum atomic E-state index is 12.6. The standard InChI is InChI=1S/C32H24O10/c1-3-29(33)39-19-37-25-11-5-21(6-12-25)31(35)41-27-15-9-24-18-28(16-10-23(24)17-27)42-32(36)22-7-13-26(14-8-22)38-20-40-30(34)4-2/h3-18H,1-2,19-20H2. The molecule has 212 valence electrons. The lowest BCUT2D eigenvalue weighted by Crippen LogP contribution is -2.10. The molecule has 0 bridgehead atoms. The normalized spacial score (nSPS) is 10.2. The van der Waals surface area contributed by atoms with Gasteiger partial charge in [-0.15, -0.1) is 0 Å². The van der Waals surface area contributed by atoms with E-state index in [0.717, 1.165) is 22.9 Å². The molecule has 0 N–H and O–H groups in total. The topological polar surface area (TPSA) is 124 Å². The quantitative estimate of drug-likeness (QED) is 0.0948. The zero-order chi connectivity index (χ0) is 29.9. The molecule has 4 aromatic carbocycles. The van der Waals surface area contributed by atoms with Gasteiger partial charge in [-0.3, -0.25) is 0 Å². The lowest BCUT2D eigenvalue weighted by molar-refractivity contribution is -0.145. The number of benzene rings is 4. The lowest BCUT2D eigenvalue weighted by atomic mass is 10.1. The summed E-state index contributed by atoms with van der Waals surface area (Å²) in [5, 5.41) is 1.52. The first kappa shape index (κ1) is 29.1. The summed E-state index contributed by atoms with van der Waals surface area (Å²) in [6.45, 7) is 6.02. The lowest BCUT2D eigenvalue weighted by Gasteiger charge is -2.09. The molecule has 0 saturated heterocycles. The Morgan fingerprint density at radius 1 is 0.524 bits per heavy atom. The van der Waals surface area contributed by atoms with Crippen molar-refractivity contribution in [3.63, 3.8) is 0 Å². The van der Waals surface area contributed by atoms with Crippen LogP contribution in [0.5, 0.6) is 23.0 Å². The van der Waals surface area contributed by atoms with Crippen LogP contribution in [0, 0.1) is 0 Å². The molecule has 0 fully saturated rings. The summed E-state index contributed by atoms with van der Waals surface area (Å²) < 4.78 is 31.0. The summed E-state index contributed by atoms with van der Waals surface area (Å²) in [7, 11) is 0. The minimum Gasteiger partial charge on any atom is -0.457 e. The van der Waals surface area contributed by atoms with Crippen molar-refractivity contribution < 1.29 is 47.6 Å². The van der Waals surface area contributed by atoms with Gasteiger partial charge in [0.2, 0.25) is 13.6 Å². The predicted molar refractivity (Wildman–Crippen MR) is 150 cm³/mol. The van der Waals surface area contributed by atoms with Gasteiger partial charge in [0.05, 0.1) is 11.1 Å². The van der Waals surface area contributed by atoms with E-state index in [1.54, 1.807) is 60.7 Å². The summed E-state index contributed by atoms with van der Waals surface area (Å²) in [5.41, 5.74) is 0.590. The van der Waals surface area contributed by atoms with Gasteiger partial charge in [0.1, 0.15) is 23.0 Å². The molecule has 4 aromatic rings. The Balaban J connectivity index is 1.32. The van der Waals surface area contributed by atoms with E-state index in [4.69, 9.17) is 28.4 Å². The van der Waals surface area contributed by atoms with E-state index >= 15 is 0 Å². The molecule has 0 heterocycles. The van der Waals surface area contributed by atoms with E-state index in [1.165, 1.54) is 24.3 Å². The Morgan fingerprint density at radius 2 is 0.881 bits per heavy atom. The summed E-state index contributed by atoms with van der Waals surface area (Å²) in [6.07, 6.45) is 2.05. The molecule has 0 spiro atoms. The first-order valence-corrected chi connectivity index (χ1v) is 12.4. The minimum absolute atomic E-state index is 0.285. The molecule has 4 rings (SSSR count). The van der Waals surface area contributed by atoms with Gasteiger partial charge in [-0.25, -0.2) is 19.2 Å². The number of ether oxygens (including phenoxy) is 6. The number of carbonyl (C=O) groups excluding carboxylic acids is 4. The second-order valence-corrected chi connectivity index (χ2v) is 8.36. The minimum atomic E-state index is -0.607. The summed E-state index contributed by atoms with van der Waals surface area (Å²) >= 11 is 0. The number of rotatable bonds is 12. The highest BCUT2D eigenvalue weighted by Crippen LogP contribution is 2.26. The Bertz CT molecular complexity index is 1500. The van der Waals surface area contributed by atoms with E-state index in [9.17, 15) is 19.2 Å². The smallest absolute Gasteiger partial charge is 0.343 e. The van der Waals surface area contributed by atoms with Gasteiger partial charge < -0.3 is 28.4 Å². The second kappa shape index (κ2) is 13.9. The van der Waals surface area contributed by atoms with E-state index in [1.807, 2.05) is 0 Å². The number of hydrogen-bond acceptors (Lipinski definition) is 10. The number of fused-ring (bicyclic) bond motifs is 1. The fourth-order valence-electron chi connectivity index (χ4n) is 3.46. The zero-order valence-electron chi connectivity index (χ0n) is 22.1.